The number of ether oxygens (including phenoxy) is 1. The highest BCUT2D eigenvalue weighted by Gasteiger charge is 2.36. The first kappa shape index (κ1) is 18.7. The second-order valence-electron chi connectivity index (χ2n) is 6.45. The Balaban J connectivity index is 1.56. The summed E-state index contributed by atoms with van der Waals surface area (Å²) in [4.78, 5) is 12.1. The Bertz CT molecular complexity index is 749. The van der Waals surface area contributed by atoms with Crippen molar-refractivity contribution in [3.63, 3.8) is 0 Å². The third-order valence-corrected chi connectivity index (χ3v) is 5.11. The molecule has 1 saturated heterocycles. The van der Waals surface area contributed by atoms with Gasteiger partial charge < -0.3 is 20.3 Å². The minimum atomic E-state index is -0.734. The minimum absolute atomic E-state index is 0.250. The van der Waals surface area contributed by atoms with Crippen molar-refractivity contribution in [1.82, 2.24) is 10.2 Å². The van der Waals surface area contributed by atoms with Crippen LogP contribution in [0.4, 0.5) is 15.6 Å². The highest BCUT2D eigenvalue weighted by molar-refractivity contribution is 7.15. The molecule has 4 N–H and O–H groups in total. The summed E-state index contributed by atoms with van der Waals surface area (Å²) in [7, 11) is 0. The van der Waals surface area contributed by atoms with E-state index in [1.807, 2.05) is 24.3 Å². The predicted octanol–water partition coefficient (Wildman–Crippen LogP) is 2.49. The first-order chi connectivity index (χ1) is 12.5. The molecule has 3 rings (SSSR count). The predicted molar refractivity (Wildman–Crippen MR) is 98.4 cm³/mol. The van der Waals surface area contributed by atoms with Gasteiger partial charge in [0.2, 0.25) is 5.13 Å². The van der Waals surface area contributed by atoms with Gasteiger partial charge in [0.25, 0.3) is 0 Å². The van der Waals surface area contributed by atoms with Crippen LogP contribution in [-0.2, 0) is 4.74 Å². The summed E-state index contributed by atoms with van der Waals surface area (Å²) in [5.74, 6) is 0.430. The van der Waals surface area contributed by atoms with Crippen LogP contribution in [0.5, 0.6) is 0 Å². The minimum Gasteiger partial charge on any atom is -0.394 e. The number of nitrogens with zero attached hydrogens (tertiary/aromatic N) is 2. The summed E-state index contributed by atoms with van der Waals surface area (Å²) in [6.45, 7) is 3.97. The summed E-state index contributed by atoms with van der Waals surface area (Å²) in [6, 6.07) is 7.24. The fraction of sp³-hybridized carbons (Fsp3) is 0.471. The van der Waals surface area contributed by atoms with Crippen LogP contribution in [0, 0.1) is 0 Å². The number of aromatic nitrogens is 2. The number of aliphatic hydroxyl groups is 2. The molecule has 1 fully saturated rings. The number of nitrogens with one attached hydrogen (secondary N) is 2. The lowest BCUT2D eigenvalue weighted by Crippen LogP contribution is -2.24. The lowest BCUT2D eigenvalue weighted by atomic mass is 10.0. The van der Waals surface area contributed by atoms with Crippen molar-refractivity contribution in [3.05, 3.63) is 34.8 Å². The molecule has 0 bridgehead atoms. The van der Waals surface area contributed by atoms with Gasteiger partial charge in [-0.05, 0) is 23.6 Å². The Kier molecular flexibility index (Phi) is 5.82. The number of amides is 2. The van der Waals surface area contributed by atoms with E-state index >= 15 is 0 Å². The number of hydrogen-bond acceptors (Lipinski definition) is 7. The molecule has 9 heteroatoms. The normalized spacial score (nSPS) is 22.6. The van der Waals surface area contributed by atoms with Gasteiger partial charge in [0.05, 0.1) is 12.7 Å². The lowest BCUT2D eigenvalue weighted by Gasteiger charge is -2.09. The molecule has 1 aliphatic heterocycles. The Labute approximate surface area is 155 Å². The summed E-state index contributed by atoms with van der Waals surface area (Å²) in [5.41, 5.74) is 1.88. The molecule has 0 saturated carbocycles. The van der Waals surface area contributed by atoms with E-state index in [0.29, 0.717) is 28.2 Å². The van der Waals surface area contributed by atoms with Gasteiger partial charge in [0.1, 0.15) is 17.2 Å². The summed E-state index contributed by atoms with van der Waals surface area (Å²) < 4.78 is 5.53. The molecule has 2 heterocycles. The SMILES string of the molecule is CC(C)c1ccc(NC(=O)Nc2nnc([C@H]3C[C@H](O)[C@@H](CO)O3)s2)cc1. The zero-order chi connectivity index (χ0) is 18.7. The van der Waals surface area contributed by atoms with Gasteiger partial charge in [-0.25, -0.2) is 4.79 Å². The highest BCUT2D eigenvalue weighted by atomic mass is 32.1. The van der Waals surface area contributed by atoms with E-state index in [-0.39, 0.29) is 6.61 Å². The molecule has 1 aliphatic rings. The van der Waals surface area contributed by atoms with Gasteiger partial charge in [0, 0.05) is 12.1 Å². The van der Waals surface area contributed by atoms with Crippen molar-refractivity contribution < 1.29 is 19.7 Å². The molecule has 0 spiro atoms. The first-order valence-electron chi connectivity index (χ1n) is 8.42. The van der Waals surface area contributed by atoms with Gasteiger partial charge in [-0.1, -0.05) is 37.3 Å². The van der Waals surface area contributed by atoms with Crippen molar-refractivity contribution in [2.45, 2.75) is 44.5 Å². The Morgan fingerprint density at radius 2 is 2.04 bits per heavy atom. The zero-order valence-electron chi connectivity index (χ0n) is 14.5. The largest absolute Gasteiger partial charge is 0.394 e. The molecule has 1 aromatic carbocycles. The van der Waals surface area contributed by atoms with Crippen LogP contribution in [0.1, 0.15) is 42.9 Å². The fourth-order valence-electron chi connectivity index (χ4n) is 2.68. The topological polar surface area (TPSA) is 117 Å². The summed E-state index contributed by atoms with van der Waals surface area (Å²) in [5, 5.41) is 33.1. The van der Waals surface area contributed by atoms with Crippen molar-refractivity contribution in [2.24, 2.45) is 0 Å². The van der Waals surface area contributed by atoms with Crippen LogP contribution in [0.25, 0.3) is 0 Å². The maximum absolute atomic E-state index is 12.1. The summed E-state index contributed by atoms with van der Waals surface area (Å²) in [6.07, 6.45) is -1.43. The number of urea groups is 1. The van der Waals surface area contributed by atoms with Crippen molar-refractivity contribution in [3.8, 4) is 0 Å². The van der Waals surface area contributed by atoms with E-state index in [1.165, 1.54) is 16.9 Å². The number of benzene rings is 1. The fourth-order valence-corrected chi connectivity index (χ4v) is 3.47. The van der Waals surface area contributed by atoms with Crippen LogP contribution >= 0.6 is 11.3 Å². The van der Waals surface area contributed by atoms with Crippen molar-refractivity contribution >= 4 is 28.2 Å². The quantitative estimate of drug-likeness (QED) is 0.635. The second-order valence-corrected chi connectivity index (χ2v) is 7.46. The standard InChI is InChI=1S/C17H22N4O4S/c1-9(2)10-3-5-11(6-4-10)18-16(24)19-17-21-20-15(26-17)13-7-12(23)14(8-22)25-13/h3-6,9,12-14,22-23H,7-8H2,1-2H3,(H2,18,19,21,24)/t12-,13+,14+/m0/s1. The average molecular weight is 378 g/mol. The summed E-state index contributed by atoms with van der Waals surface area (Å²) >= 11 is 1.18. The third-order valence-electron chi connectivity index (χ3n) is 4.18. The molecule has 26 heavy (non-hydrogen) atoms. The lowest BCUT2D eigenvalue weighted by molar-refractivity contribution is -0.0227. The molecule has 0 aliphatic carbocycles. The molecular weight excluding hydrogens is 356 g/mol. The van der Waals surface area contributed by atoms with Crippen LogP contribution < -0.4 is 10.6 Å². The van der Waals surface area contributed by atoms with E-state index in [1.54, 1.807) is 0 Å². The van der Waals surface area contributed by atoms with Gasteiger partial charge in [0.15, 0.2) is 0 Å². The molecule has 2 amide bonds. The molecular formula is C17H22N4O4S. The average Bonchev–Trinajstić information content (AvgIpc) is 3.21. The monoisotopic (exact) mass is 378 g/mol. The maximum Gasteiger partial charge on any atom is 0.325 e. The molecule has 0 unspecified atom stereocenters. The van der Waals surface area contributed by atoms with Crippen LogP contribution in [0.2, 0.25) is 0 Å². The first-order valence-corrected chi connectivity index (χ1v) is 9.23. The highest BCUT2D eigenvalue weighted by Crippen LogP contribution is 2.35. The smallest absolute Gasteiger partial charge is 0.325 e. The molecule has 0 radical (unpaired) electrons. The van der Waals surface area contributed by atoms with Crippen LogP contribution in [0.3, 0.4) is 0 Å². The van der Waals surface area contributed by atoms with E-state index in [4.69, 9.17) is 9.84 Å². The number of rotatable bonds is 5. The van der Waals surface area contributed by atoms with Gasteiger partial charge in [-0.15, -0.1) is 10.2 Å². The van der Waals surface area contributed by atoms with Crippen LogP contribution in [0.15, 0.2) is 24.3 Å². The van der Waals surface area contributed by atoms with E-state index < -0.39 is 24.3 Å². The third kappa shape index (κ3) is 4.36. The number of aliphatic hydroxyl groups excluding tert-OH is 2. The zero-order valence-corrected chi connectivity index (χ0v) is 15.4. The molecule has 1 aromatic heterocycles. The molecule has 8 nitrogen and oxygen atoms in total. The van der Waals surface area contributed by atoms with E-state index in [9.17, 15) is 9.90 Å². The maximum atomic E-state index is 12.1. The van der Waals surface area contributed by atoms with Gasteiger partial charge >= 0.3 is 6.03 Å². The number of hydrogen-bond donors (Lipinski definition) is 4. The molecule has 2 aromatic rings. The molecule has 3 atom stereocenters. The van der Waals surface area contributed by atoms with Crippen molar-refractivity contribution in [1.29, 1.82) is 0 Å². The van der Waals surface area contributed by atoms with Crippen molar-refractivity contribution in [2.75, 3.05) is 17.2 Å². The van der Waals surface area contributed by atoms with E-state index in [2.05, 4.69) is 34.7 Å². The number of carbonyl (C=O) groups is 1. The van der Waals surface area contributed by atoms with E-state index in [0.717, 1.165) is 0 Å². The Morgan fingerprint density at radius 1 is 1.31 bits per heavy atom. The number of anilines is 2. The van der Waals surface area contributed by atoms with Gasteiger partial charge in [-0.3, -0.25) is 5.32 Å². The number of carbonyl (C=O) groups excluding carboxylic acids is 1. The van der Waals surface area contributed by atoms with Crippen LogP contribution in [-0.4, -0.2) is 45.3 Å². The molecule has 140 valence electrons. The van der Waals surface area contributed by atoms with Gasteiger partial charge in [-0.2, -0.15) is 0 Å². The Morgan fingerprint density at radius 3 is 2.65 bits per heavy atom. The Hall–Kier alpha value is -2.07. The second kappa shape index (κ2) is 8.09.